The number of benzene rings is 1. The molecule has 7 nitrogen and oxygen atoms in total. The minimum atomic E-state index is -0.327. The van der Waals surface area contributed by atoms with Crippen molar-refractivity contribution in [1.82, 2.24) is 19.8 Å². The molecule has 2 aliphatic rings. The smallest absolute Gasteiger partial charge is 0.247 e. The predicted molar refractivity (Wildman–Crippen MR) is 101 cm³/mol. The molecule has 0 saturated carbocycles. The largest absolute Gasteiger partial charge is 0.338 e. The fourth-order valence-electron chi connectivity index (χ4n) is 3.76. The number of amides is 2. The van der Waals surface area contributed by atoms with Crippen molar-refractivity contribution in [2.75, 3.05) is 37.6 Å². The average molecular weight is 365 g/mol. The van der Waals surface area contributed by atoms with Crippen molar-refractivity contribution < 1.29 is 9.59 Å². The molecule has 0 radical (unpaired) electrons. The first-order chi connectivity index (χ1) is 13.2. The molecule has 3 heterocycles. The molecule has 1 atom stereocenters. The van der Waals surface area contributed by atoms with Crippen molar-refractivity contribution in [3.8, 4) is 0 Å². The number of imide groups is 1. The lowest BCUT2D eigenvalue weighted by atomic mass is 10.1. The number of hydrogen-bond donors (Lipinski definition) is 0. The summed E-state index contributed by atoms with van der Waals surface area (Å²) in [6.45, 7) is 3.43. The van der Waals surface area contributed by atoms with Crippen molar-refractivity contribution in [1.29, 1.82) is 0 Å². The number of piperazine rings is 1. The molecule has 7 heteroatoms. The van der Waals surface area contributed by atoms with Crippen LogP contribution in [-0.4, -0.2) is 70.3 Å². The van der Waals surface area contributed by atoms with Crippen LogP contribution in [0.4, 0.5) is 5.95 Å². The molecule has 0 unspecified atom stereocenters. The fourth-order valence-corrected chi connectivity index (χ4v) is 3.76. The third-order valence-corrected chi connectivity index (χ3v) is 5.28. The van der Waals surface area contributed by atoms with E-state index in [0.717, 1.165) is 37.7 Å². The van der Waals surface area contributed by atoms with Gasteiger partial charge in [0, 0.05) is 45.1 Å². The van der Waals surface area contributed by atoms with Crippen LogP contribution in [0, 0.1) is 0 Å². The number of carbonyl (C=O) groups excluding carboxylic acids is 2. The van der Waals surface area contributed by atoms with Crippen LogP contribution in [0.25, 0.3) is 0 Å². The van der Waals surface area contributed by atoms with Gasteiger partial charge in [-0.15, -0.1) is 0 Å². The molecular formula is C20H23N5O2. The van der Waals surface area contributed by atoms with E-state index < -0.39 is 0 Å². The van der Waals surface area contributed by atoms with Gasteiger partial charge in [-0.25, -0.2) is 9.97 Å². The molecule has 0 spiro atoms. The van der Waals surface area contributed by atoms with E-state index in [2.05, 4.69) is 19.8 Å². The van der Waals surface area contributed by atoms with Gasteiger partial charge in [-0.05, 0) is 18.1 Å². The Balaban J connectivity index is 1.34. The quantitative estimate of drug-likeness (QED) is 0.736. The average Bonchev–Trinajstić information content (AvgIpc) is 3.01. The lowest BCUT2D eigenvalue weighted by molar-refractivity contribution is -0.139. The van der Waals surface area contributed by atoms with Gasteiger partial charge in [0.25, 0.3) is 0 Å². The van der Waals surface area contributed by atoms with Gasteiger partial charge in [-0.2, -0.15) is 0 Å². The standard InChI is InChI=1S/C20H23N5O2/c26-18-15-17(19(27)25(18)10-7-16-5-2-1-3-6-16)23-11-13-24(14-12-23)20-21-8-4-9-22-20/h1-6,8-9,17H,7,10-15H2/t17-/m0/s1. The zero-order valence-corrected chi connectivity index (χ0v) is 15.2. The number of likely N-dealkylation sites (tertiary alicyclic amines) is 1. The van der Waals surface area contributed by atoms with E-state index in [1.807, 2.05) is 30.3 Å². The molecule has 140 valence electrons. The van der Waals surface area contributed by atoms with Crippen molar-refractivity contribution in [2.24, 2.45) is 0 Å². The highest BCUT2D eigenvalue weighted by Gasteiger charge is 2.42. The van der Waals surface area contributed by atoms with Gasteiger partial charge in [0.2, 0.25) is 17.8 Å². The molecule has 1 aromatic carbocycles. The van der Waals surface area contributed by atoms with Crippen LogP contribution in [0.5, 0.6) is 0 Å². The molecule has 27 heavy (non-hydrogen) atoms. The second-order valence-electron chi connectivity index (χ2n) is 6.91. The summed E-state index contributed by atoms with van der Waals surface area (Å²) < 4.78 is 0. The molecule has 2 aromatic rings. The molecule has 2 fully saturated rings. The summed E-state index contributed by atoms with van der Waals surface area (Å²) in [5.74, 6) is 0.602. The number of nitrogens with zero attached hydrogens (tertiary/aromatic N) is 5. The van der Waals surface area contributed by atoms with Crippen LogP contribution in [0.3, 0.4) is 0 Å². The van der Waals surface area contributed by atoms with Crippen molar-refractivity contribution in [2.45, 2.75) is 18.9 Å². The zero-order chi connectivity index (χ0) is 18.6. The Bertz CT molecular complexity index is 791. The van der Waals surface area contributed by atoms with Crippen LogP contribution in [0.1, 0.15) is 12.0 Å². The first-order valence-corrected chi connectivity index (χ1v) is 9.36. The molecule has 0 bridgehead atoms. The molecule has 2 aliphatic heterocycles. The van der Waals surface area contributed by atoms with Crippen LogP contribution >= 0.6 is 0 Å². The third kappa shape index (κ3) is 3.83. The topological polar surface area (TPSA) is 69.6 Å². The Labute approximate surface area is 158 Å². The van der Waals surface area contributed by atoms with Gasteiger partial charge in [0.05, 0.1) is 12.5 Å². The van der Waals surface area contributed by atoms with E-state index in [1.54, 1.807) is 18.5 Å². The molecule has 0 N–H and O–H groups in total. The normalized spacial score (nSPS) is 21.1. The molecule has 1 aromatic heterocycles. The van der Waals surface area contributed by atoms with E-state index in [0.29, 0.717) is 13.0 Å². The summed E-state index contributed by atoms with van der Waals surface area (Å²) in [6.07, 6.45) is 4.45. The summed E-state index contributed by atoms with van der Waals surface area (Å²) in [5, 5.41) is 0. The van der Waals surface area contributed by atoms with Crippen LogP contribution in [0.2, 0.25) is 0 Å². The maximum atomic E-state index is 12.8. The highest BCUT2D eigenvalue weighted by Crippen LogP contribution is 2.21. The van der Waals surface area contributed by atoms with E-state index >= 15 is 0 Å². The van der Waals surface area contributed by atoms with Gasteiger partial charge in [0.1, 0.15) is 0 Å². The first-order valence-electron chi connectivity index (χ1n) is 9.36. The van der Waals surface area contributed by atoms with Crippen LogP contribution in [-0.2, 0) is 16.0 Å². The number of rotatable bonds is 5. The van der Waals surface area contributed by atoms with E-state index in [-0.39, 0.29) is 24.3 Å². The second kappa shape index (κ2) is 7.84. The molecule has 4 rings (SSSR count). The van der Waals surface area contributed by atoms with Crippen LogP contribution < -0.4 is 4.90 Å². The second-order valence-corrected chi connectivity index (χ2v) is 6.91. The van der Waals surface area contributed by atoms with Crippen molar-refractivity contribution in [3.05, 3.63) is 54.4 Å². The summed E-state index contributed by atoms with van der Waals surface area (Å²) in [4.78, 5) is 39.5. The lowest BCUT2D eigenvalue weighted by Crippen LogP contribution is -2.53. The Morgan fingerprint density at radius 1 is 0.926 bits per heavy atom. The highest BCUT2D eigenvalue weighted by molar-refractivity contribution is 6.05. The van der Waals surface area contributed by atoms with Crippen LogP contribution in [0.15, 0.2) is 48.8 Å². The minimum Gasteiger partial charge on any atom is -0.338 e. The number of anilines is 1. The lowest BCUT2D eigenvalue weighted by Gasteiger charge is -2.36. The number of aromatic nitrogens is 2. The predicted octanol–water partition coefficient (Wildman–Crippen LogP) is 0.969. The Morgan fingerprint density at radius 3 is 2.33 bits per heavy atom. The van der Waals surface area contributed by atoms with E-state index in [4.69, 9.17) is 0 Å². The van der Waals surface area contributed by atoms with Crippen molar-refractivity contribution >= 4 is 17.8 Å². The Morgan fingerprint density at radius 2 is 1.63 bits per heavy atom. The SMILES string of the molecule is O=C1C[C@H](N2CCN(c3ncccn3)CC2)C(=O)N1CCc1ccccc1. The summed E-state index contributed by atoms with van der Waals surface area (Å²) in [5.41, 5.74) is 1.14. The summed E-state index contributed by atoms with van der Waals surface area (Å²) >= 11 is 0. The van der Waals surface area contributed by atoms with Gasteiger partial charge >= 0.3 is 0 Å². The zero-order valence-electron chi connectivity index (χ0n) is 15.2. The highest BCUT2D eigenvalue weighted by atomic mass is 16.2. The van der Waals surface area contributed by atoms with Gasteiger partial charge < -0.3 is 4.90 Å². The first kappa shape index (κ1) is 17.6. The fraction of sp³-hybridized carbons (Fsp3) is 0.400. The number of hydrogen-bond acceptors (Lipinski definition) is 6. The van der Waals surface area contributed by atoms with Crippen molar-refractivity contribution in [3.63, 3.8) is 0 Å². The van der Waals surface area contributed by atoms with E-state index in [1.165, 1.54) is 4.90 Å². The maximum Gasteiger partial charge on any atom is 0.247 e. The maximum absolute atomic E-state index is 12.8. The van der Waals surface area contributed by atoms with Gasteiger partial charge in [-0.1, -0.05) is 30.3 Å². The molecular weight excluding hydrogens is 342 g/mol. The minimum absolute atomic E-state index is 0.0552. The number of carbonyl (C=O) groups is 2. The molecule has 0 aliphatic carbocycles. The third-order valence-electron chi connectivity index (χ3n) is 5.28. The summed E-state index contributed by atoms with van der Waals surface area (Å²) in [7, 11) is 0. The van der Waals surface area contributed by atoms with E-state index in [9.17, 15) is 9.59 Å². The van der Waals surface area contributed by atoms with Gasteiger partial charge in [0.15, 0.2) is 0 Å². The van der Waals surface area contributed by atoms with Gasteiger partial charge in [-0.3, -0.25) is 19.4 Å². The Kier molecular flexibility index (Phi) is 5.11. The molecule has 2 saturated heterocycles. The Hall–Kier alpha value is -2.80. The summed E-state index contributed by atoms with van der Waals surface area (Å²) in [6, 6.07) is 11.4. The monoisotopic (exact) mass is 365 g/mol. The molecule has 2 amide bonds.